The van der Waals surface area contributed by atoms with Gasteiger partial charge in [0.05, 0.1) is 0 Å². The second-order valence-corrected chi connectivity index (χ2v) is 5.12. The highest BCUT2D eigenvalue weighted by Crippen LogP contribution is 2.16. The van der Waals surface area contributed by atoms with E-state index in [1.165, 1.54) is 12.1 Å². The number of hydrogen-bond donors (Lipinski definition) is 2. The Balaban J connectivity index is 2.65. The average Bonchev–Trinajstić information content (AvgIpc) is 2.43. The Morgan fingerprint density at radius 3 is 2.45 bits per heavy atom. The van der Waals surface area contributed by atoms with Gasteiger partial charge in [-0.1, -0.05) is 26.7 Å². The van der Waals surface area contributed by atoms with Gasteiger partial charge in [-0.15, -0.1) is 0 Å². The molecule has 0 fully saturated rings. The van der Waals surface area contributed by atoms with Crippen LogP contribution in [0.4, 0.5) is 0 Å². The van der Waals surface area contributed by atoms with Crippen molar-refractivity contribution in [2.45, 2.75) is 32.7 Å². The first-order valence-electron chi connectivity index (χ1n) is 6.99. The summed E-state index contributed by atoms with van der Waals surface area (Å²) in [5, 5.41) is 8.87. The van der Waals surface area contributed by atoms with E-state index in [4.69, 9.17) is 0 Å². The molecule has 1 aromatic rings. The normalized spacial score (nSPS) is 12.7. The predicted octanol–water partition coefficient (Wildman–Crippen LogP) is 0.866. The standard InChI is InChI=1S/C14H24N4O2/c1-5-10(6-2)12(18(3)4)9-15-14(20)11-7-8-13(19)17-16-11/h7-8,10,12H,5-6,9H2,1-4H3,(H,15,20)(H,17,19). The van der Waals surface area contributed by atoms with E-state index in [0.29, 0.717) is 12.5 Å². The average molecular weight is 280 g/mol. The minimum Gasteiger partial charge on any atom is -0.349 e. The molecule has 1 unspecified atom stereocenters. The number of H-pyrrole nitrogens is 1. The van der Waals surface area contributed by atoms with Crippen molar-refractivity contribution in [3.05, 3.63) is 28.2 Å². The zero-order valence-corrected chi connectivity index (χ0v) is 12.6. The molecular weight excluding hydrogens is 256 g/mol. The summed E-state index contributed by atoms with van der Waals surface area (Å²) in [4.78, 5) is 25.0. The SMILES string of the molecule is CCC(CC)C(CNC(=O)c1ccc(=O)[nH]n1)N(C)C. The third-order valence-corrected chi connectivity index (χ3v) is 3.64. The lowest BCUT2D eigenvalue weighted by Crippen LogP contribution is -2.44. The Morgan fingerprint density at radius 2 is 2.00 bits per heavy atom. The van der Waals surface area contributed by atoms with Crippen molar-refractivity contribution in [3.8, 4) is 0 Å². The van der Waals surface area contributed by atoms with Crippen molar-refractivity contribution in [1.82, 2.24) is 20.4 Å². The van der Waals surface area contributed by atoms with Crippen molar-refractivity contribution in [1.29, 1.82) is 0 Å². The highest BCUT2D eigenvalue weighted by Gasteiger charge is 2.21. The summed E-state index contributed by atoms with van der Waals surface area (Å²) in [6.07, 6.45) is 2.15. The Labute approximate surface area is 119 Å². The fourth-order valence-corrected chi connectivity index (χ4v) is 2.36. The van der Waals surface area contributed by atoms with Gasteiger partial charge in [0.1, 0.15) is 5.69 Å². The lowest BCUT2D eigenvalue weighted by Gasteiger charge is -2.31. The van der Waals surface area contributed by atoms with E-state index in [1.54, 1.807) is 0 Å². The maximum atomic E-state index is 12.0. The molecule has 0 aliphatic carbocycles. The van der Waals surface area contributed by atoms with E-state index in [0.717, 1.165) is 12.8 Å². The van der Waals surface area contributed by atoms with Crippen LogP contribution in [0.2, 0.25) is 0 Å². The topological polar surface area (TPSA) is 78.1 Å². The highest BCUT2D eigenvalue weighted by molar-refractivity contribution is 5.91. The van der Waals surface area contributed by atoms with Crippen molar-refractivity contribution < 1.29 is 4.79 Å². The molecule has 0 aromatic carbocycles. The number of likely N-dealkylation sites (N-methyl/N-ethyl adjacent to an activating group) is 1. The maximum absolute atomic E-state index is 12.0. The number of nitrogens with one attached hydrogen (secondary N) is 2. The van der Waals surface area contributed by atoms with Gasteiger partial charge in [-0.05, 0) is 26.1 Å². The predicted molar refractivity (Wildman–Crippen MR) is 78.7 cm³/mol. The molecule has 0 radical (unpaired) electrons. The summed E-state index contributed by atoms with van der Waals surface area (Å²) in [6, 6.07) is 3.01. The molecule has 2 N–H and O–H groups in total. The van der Waals surface area contributed by atoms with Crippen molar-refractivity contribution in [2.75, 3.05) is 20.6 Å². The van der Waals surface area contributed by atoms with E-state index >= 15 is 0 Å². The second kappa shape index (κ2) is 7.79. The van der Waals surface area contributed by atoms with E-state index < -0.39 is 0 Å². The molecule has 0 saturated heterocycles. The molecule has 1 atom stereocenters. The summed E-state index contributed by atoms with van der Waals surface area (Å²) in [7, 11) is 4.04. The van der Waals surface area contributed by atoms with Crippen LogP contribution in [0, 0.1) is 5.92 Å². The van der Waals surface area contributed by atoms with Gasteiger partial charge in [0.15, 0.2) is 0 Å². The number of amides is 1. The van der Waals surface area contributed by atoms with Gasteiger partial charge in [-0.3, -0.25) is 9.59 Å². The molecule has 0 bridgehead atoms. The summed E-state index contributed by atoms with van der Waals surface area (Å²) in [5.74, 6) is 0.271. The Kier molecular flexibility index (Phi) is 6.38. The number of carbonyl (C=O) groups excluding carboxylic acids is 1. The van der Waals surface area contributed by atoms with Crippen LogP contribution in [0.25, 0.3) is 0 Å². The van der Waals surface area contributed by atoms with Crippen molar-refractivity contribution in [2.24, 2.45) is 5.92 Å². The molecule has 0 spiro atoms. The molecule has 112 valence electrons. The third-order valence-electron chi connectivity index (χ3n) is 3.64. The minimum atomic E-state index is -0.315. The Bertz CT molecular complexity index is 460. The van der Waals surface area contributed by atoms with Crippen molar-refractivity contribution in [3.63, 3.8) is 0 Å². The third kappa shape index (κ3) is 4.45. The molecular formula is C14H24N4O2. The van der Waals surface area contributed by atoms with Crippen LogP contribution in [0.5, 0.6) is 0 Å². The number of aromatic amines is 1. The molecule has 0 aliphatic heterocycles. The number of hydrogen-bond acceptors (Lipinski definition) is 4. The summed E-state index contributed by atoms with van der Waals surface area (Å²) in [5.41, 5.74) is -0.0867. The first kappa shape index (κ1) is 16.4. The van der Waals surface area contributed by atoms with Crippen molar-refractivity contribution >= 4 is 5.91 Å². The summed E-state index contributed by atoms with van der Waals surface area (Å²) >= 11 is 0. The summed E-state index contributed by atoms with van der Waals surface area (Å²) < 4.78 is 0. The number of rotatable bonds is 7. The van der Waals surface area contributed by atoms with Crippen LogP contribution in [-0.4, -0.2) is 47.7 Å². The minimum absolute atomic E-state index is 0.228. The van der Waals surface area contributed by atoms with Crippen LogP contribution >= 0.6 is 0 Å². The molecule has 6 heteroatoms. The van der Waals surface area contributed by atoms with Gasteiger partial charge in [0.25, 0.3) is 11.5 Å². The summed E-state index contributed by atoms with van der Waals surface area (Å²) in [6.45, 7) is 4.89. The molecule has 1 rings (SSSR count). The second-order valence-electron chi connectivity index (χ2n) is 5.12. The number of carbonyl (C=O) groups is 1. The van der Waals surface area contributed by atoms with Crippen LogP contribution in [0.15, 0.2) is 16.9 Å². The first-order chi connectivity index (χ1) is 9.49. The van der Waals surface area contributed by atoms with E-state index in [-0.39, 0.29) is 23.2 Å². The number of aromatic nitrogens is 2. The highest BCUT2D eigenvalue weighted by atomic mass is 16.2. The molecule has 1 aromatic heterocycles. The fraction of sp³-hybridized carbons (Fsp3) is 0.643. The van der Waals surface area contributed by atoms with Gasteiger partial charge in [0.2, 0.25) is 0 Å². The fourth-order valence-electron chi connectivity index (χ4n) is 2.36. The molecule has 1 heterocycles. The molecule has 0 saturated carbocycles. The lowest BCUT2D eigenvalue weighted by atomic mass is 9.93. The number of nitrogens with zero attached hydrogens (tertiary/aromatic N) is 2. The van der Waals surface area contributed by atoms with Gasteiger partial charge in [-0.25, -0.2) is 5.10 Å². The molecule has 20 heavy (non-hydrogen) atoms. The van der Waals surface area contributed by atoms with Gasteiger partial charge in [0, 0.05) is 18.7 Å². The molecule has 0 aliphatic rings. The molecule has 6 nitrogen and oxygen atoms in total. The first-order valence-corrected chi connectivity index (χ1v) is 6.99. The van der Waals surface area contributed by atoms with Gasteiger partial charge >= 0.3 is 0 Å². The Hall–Kier alpha value is -1.69. The van der Waals surface area contributed by atoms with E-state index in [1.807, 2.05) is 14.1 Å². The van der Waals surface area contributed by atoms with Crippen LogP contribution in [0.3, 0.4) is 0 Å². The van der Waals surface area contributed by atoms with Crippen LogP contribution in [-0.2, 0) is 0 Å². The zero-order chi connectivity index (χ0) is 15.1. The smallest absolute Gasteiger partial charge is 0.271 e. The van der Waals surface area contributed by atoms with Gasteiger partial charge < -0.3 is 10.2 Å². The maximum Gasteiger partial charge on any atom is 0.271 e. The van der Waals surface area contributed by atoms with E-state index in [2.05, 4.69) is 34.3 Å². The monoisotopic (exact) mass is 280 g/mol. The lowest BCUT2D eigenvalue weighted by molar-refractivity contribution is 0.0922. The van der Waals surface area contributed by atoms with Crippen LogP contribution in [0.1, 0.15) is 37.2 Å². The quantitative estimate of drug-likeness (QED) is 0.776. The largest absolute Gasteiger partial charge is 0.349 e. The van der Waals surface area contributed by atoms with Gasteiger partial charge in [-0.2, -0.15) is 5.10 Å². The zero-order valence-electron chi connectivity index (χ0n) is 12.6. The van der Waals surface area contributed by atoms with Crippen LogP contribution < -0.4 is 10.9 Å². The Morgan fingerprint density at radius 1 is 1.35 bits per heavy atom. The van der Waals surface area contributed by atoms with E-state index in [9.17, 15) is 9.59 Å². The molecule has 1 amide bonds.